The number of fused-ring (bicyclic) bond motifs is 5. The molecular weight excluding hydrogens is 490 g/mol. The molecule has 9 atom stereocenters. The van der Waals surface area contributed by atoms with Crippen molar-refractivity contribution in [1.29, 1.82) is 0 Å². The van der Waals surface area contributed by atoms with Crippen LogP contribution in [-0.4, -0.2) is 58.7 Å². The smallest absolute Gasteiger partial charge is 0.310 e. The Morgan fingerprint density at radius 1 is 1.19 bits per heavy atom. The third-order valence-corrected chi connectivity index (χ3v) is 10.6. The highest BCUT2D eigenvalue weighted by atomic mass is 32.1. The molecule has 1 aliphatic heterocycles. The summed E-state index contributed by atoms with van der Waals surface area (Å²) in [6, 6.07) is 0. The summed E-state index contributed by atoms with van der Waals surface area (Å²) in [7, 11) is 0. The molecule has 1 heterocycles. The lowest BCUT2D eigenvalue weighted by molar-refractivity contribution is -0.230. The zero-order valence-corrected chi connectivity index (χ0v) is 21.7. The van der Waals surface area contributed by atoms with E-state index in [1.807, 2.05) is 0 Å². The molecule has 198 valence electrons. The molecule has 0 radical (unpaired) electrons. The Balaban J connectivity index is 1.58. The highest BCUT2D eigenvalue weighted by molar-refractivity contribution is 7.96. The van der Waals surface area contributed by atoms with Gasteiger partial charge in [-0.15, -0.1) is 12.6 Å². The van der Waals surface area contributed by atoms with E-state index >= 15 is 8.78 Å². The normalized spacial score (nSPS) is 48.5. The lowest BCUT2D eigenvalue weighted by Crippen LogP contribution is -2.70. The summed E-state index contributed by atoms with van der Waals surface area (Å²) in [5.41, 5.74) is -6.56. The number of halogens is 2. The first-order valence-corrected chi connectivity index (χ1v) is 13.3. The molecule has 0 spiro atoms. The summed E-state index contributed by atoms with van der Waals surface area (Å²) in [6.07, 6.45) is 1.49. The van der Waals surface area contributed by atoms with E-state index in [0.717, 1.165) is 6.08 Å². The van der Waals surface area contributed by atoms with Crippen LogP contribution in [0.4, 0.5) is 8.78 Å². The first-order valence-electron chi connectivity index (χ1n) is 12.8. The van der Waals surface area contributed by atoms with Crippen LogP contribution >= 0.6 is 12.6 Å². The Morgan fingerprint density at radius 3 is 2.50 bits per heavy atom. The minimum Gasteiger partial charge on any atom is -0.449 e. The van der Waals surface area contributed by atoms with Crippen molar-refractivity contribution in [2.75, 3.05) is 13.2 Å². The Hall–Kier alpha value is -1.58. The maximum absolute atomic E-state index is 17.3. The minimum absolute atomic E-state index is 0.0462. The molecule has 0 amide bonds. The third-order valence-electron chi connectivity index (χ3n) is 10.3. The Morgan fingerprint density at radius 2 is 1.86 bits per heavy atom. The Bertz CT molecular complexity index is 1050. The molecule has 36 heavy (non-hydrogen) atoms. The van der Waals surface area contributed by atoms with Crippen LogP contribution in [0.3, 0.4) is 0 Å². The molecule has 9 heteroatoms. The van der Waals surface area contributed by atoms with Crippen molar-refractivity contribution in [2.24, 2.45) is 34.5 Å². The number of ketones is 1. The van der Waals surface area contributed by atoms with Gasteiger partial charge in [0.2, 0.25) is 5.12 Å². The second kappa shape index (κ2) is 8.46. The van der Waals surface area contributed by atoms with Gasteiger partial charge in [0.05, 0.1) is 12.0 Å². The molecule has 0 unspecified atom stereocenters. The van der Waals surface area contributed by atoms with Gasteiger partial charge in [-0.1, -0.05) is 19.9 Å². The largest absolute Gasteiger partial charge is 0.449 e. The molecule has 4 aliphatic carbocycles. The van der Waals surface area contributed by atoms with Crippen molar-refractivity contribution in [3.8, 4) is 0 Å². The number of hydrogen-bond acceptors (Lipinski definition) is 6. The second-order valence-electron chi connectivity index (χ2n) is 11.8. The van der Waals surface area contributed by atoms with Crippen LogP contribution in [-0.2, 0) is 23.9 Å². The topological polar surface area (TPSA) is 89.9 Å². The highest BCUT2D eigenvalue weighted by Crippen LogP contribution is 2.71. The van der Waals surface area contributed by atoms with Crippen molar-refractivity contribution in [3.63, 3.8) is 0 Å². The zero-order valence-electron chi connectivity index (χ0n) is 20.8. The molecule has 5 rings (SSSR count). The van der Waals surface area contributed by atoms with Crippen molar-refractivity contribution >= 4 is 29.5 Å². The molecule has 3 saturated carbocycles. The van der Waals surface area contributed by atoms with Gasteiger partial charge >= 0.3 is 5.97 Å². The van der Waals surface area contributed by atoms with E-state index in [4.69, 9.17) is 9.47 Å². The van der Waals surface area contributed by atoms with Gasteiger partial charge < -0.3 is 14.6 Å². The number of ether oxygens (including phenoxy) is 2. The highest BCUT2D eigenvalue weighted by Gasteiger charge is 2.78. The third kappa shape index (κ3) is 3.17. The van der Waals surface area contributed by atoms with Crippen LogP contribution in [0.15, 0.2) is 23.8 Å². The SMILES string of the molecule is C[C@@H]1C[C@H]2[C@@H]3C[C@H](F)C4=CC(=O)C=C[C@]4(C)[C@@]3(F)[C@@H](O)C[C@]2(C)[C@@]1(OC(=O)C1CCOCC1)C(=O)S. The number of aliphatic hydroxyl groups is 1. The van der Waals surface area contributed by atoms with Gasteiger partial charge in [-0.25, -0.2) is 8.78 Å². The monoisotopic (exact) mass is 524 g/mol. The Kier molecular flexibility index (Phi) is 6.12. The maximum Gasteiger partial charge on any atom is 0.310 e. The molecule has 6 nitrogen and oxygen atoms in total. The number of carbonyl (C=O) groups is 3. The number of thiol groups is 1. The van der Waals surface area contributed by atoms with Crippen LogP contribution in [0, 0.1) is 34.5 Å². The summed E-state index contributed by atoms with van der Waals surface area (Å²) in [6.45, 7) is 5.90. The number of rotatable bonds is 3. The van der Waals surface area contributed by atoms with E-state index in [2.05, 4.69) is 12.6 Å². The molecule has 0 aromatic heterocycles. The Labute approximate surface area is 215 Å². The van der Waals surface area contributed by atoms with Gasteiger partial charge in [-0.3, -0.25) is 14.4 Å². The van der Waals surface area contributed by atoms with E-state index in [1.54, 1.807) is 13.8 Å². The molecule has 4 fully saturated rings. The van der Waals surface area contributed by atoms with E-state index in [-0.39, 0.29) is 18.4 Å². The first kappa shape index (κ1) is 26.0. The summed E-state index contributed by atoms with van der Waals surface area (Å²) in [5, 5.41) is 10.8. The van der Waals surface area contributed by atoms with E-state index in [0.29, 0.717) is 32.5 Å². The summed E-state index contributed by atoms with van der Waals surface area (Å²) in [5.74, 6) is -3.37. The van der Waals surface area contributed by atoms with E-state index in [1.165, 1.54) is 19.1 Å². The van der Waals surface area contributed by atoms with Crippen LogP contribution in [0.25, 0.3) is 0 Å². The quantitative estimate of drug-likeness (QED) is 0.432. The van der Waals surface area contributed by atoms with Gasteiger partial charge in [-0.2, -0.15) is 0 Å². The predicted molar refractivity (Wildman–Crippen MR) is 130 cm³/mol. The van der Waals surface area contributed by atoms with Crippen molar-refractivity contribution < 1.29 is 37.7 Å². The summed E-state index contributed by atoms with van der Waals surface area (Å²) in [4.78, 5) is 38.5. The minimum atomic E-state index is -2.26. The average molecular weight is 525 g/mol. The van der Waals surface area contributed by atoms with Gasteiger partial charge in [-0.05, 0) is 62.7 Å². The van der Waals surface area contributed by atoms with E-state index < -0.39 is 74.9 Å². The standard InChI is InChI=1S/C27H34F2O6S/c1-14-10-17-18-12-20(28)19-11-16(30)4-7-24(19,2)26(18,29)21(31)13-25(17,3)27(14,23(33)36)35-22(32)15-5-8-34-9-6-15/h4,7,11,14-15,17-18,20-21,31H,5-6,8-10,12-13H2,1-3H3,(H,33,36)/t14-,17+,18+,20+,21+,24+,25+,26+,27+/m1/s1. The molecular formula is C27H34F2O6S. The second-order valence-corrected chi connectivity index (χ2v) is 12.3. The molecule has 1 saturated heterocycles. The molecule has 5 aliphatic rings. The zero-order chi connectivity index (χ0) is 26.3. The number of hydrogen-bond donors (Lipinski definition) is 2. The number of alkyl halides is 2. The van der Waals surface area contributed by atoms with Crippen LogP contribution < -0.4 is 0 Å². The number of aliphatic hydroxyl groups excluding tert-OH is 1. The van der Waals surface area contributed by atoms with Gasteiger partial charge in [0.1, 0.15) is 6.17 Å². The van der Waals surface area contributed by atoms with Gasteiger partial charge in [0.15, 0.2) is 17.1 Å². The lowest BCUT2D eigenvalue weighted by Gasteiger charge is -2.63. The van der Waals surface area contributed by atoms with Crippen molar-refractivity contribution in [2.45, 2.75) is 76.4 Å². The predicted octanol–water partition coefficient (Wildman–Crippen LogP) is 3.72. The van der Waals surface area contributed by atoms with Crippen LogP contribution in [0.2, 0.25) is 0 Å². The van der Waals surface area contributed by atoms with Gasteiger partial charge in [0.25, 0.3) is 0 Å². The lowest BCUT2D eigenvalue weighted by atomic mass is 9.44. The fourth-order valence-electron chi connectivity index (χ4n) is 8.42. The molecule has 1 N–H and O–H groups in total. The summed E-state index contributed by atoms with van der Waals surface area (Å²) >= 11 is 4.19. The number of allylic oxidation sites excluding steroid dienone is 4. The van der Waals surface area contributed by atoms with E-state index in [9.17, 15) is 19.5 Å². The number of esters is 1. The van der Waals surface area contributed by atoms with Crippen LogP contribution in [0.1, 0.15) is 52.9 Å². The fourth-order valence-corrected chi connectivity index (χ4v) is 8.94. The molecule has 0 bridgehead atoms. The number of carbonyl (C=O) groups excluding carboxylic acids is 3. The van der Waals surface area contributed by atoms with Crippen molar-refractivity contribution in [3.05, 3.63) is 23.8 Å². The average Bonchev–Trinajstić information content (AvgIpc) is 3.05. The molecule has 0 aromatic rings. The first-order chi connectivity index (χ1) is 16.8. The maximum atomic E-state index is 17.3. The van der Waals surface area contributed by atoms with Crippen molar-refractivity contribution in [1.82, 2.24) is 0 Å². The molecule has 0 aromatic carbocycles. The van der Waals surface area contributed by atoms with Gasteiger partial charge in [0, 0.05) is 35.9 Å². The summed E-state index contributed by atoms with van der Waals surface area (Å²) < 4.78 is 44.4. The van der Waals surface area contributed by atoms with Crippen LogP contribution in [0.5, 0.6) is 0 Å². The fraction of sp³-hybridized carbons (Fsp3) is 0.741.